The first-order valence-electron chi connectivity index (χ1n) is 11.5. The highest BCUT2D eigenvalue weighted by atomic mass is 79.9. The molecule has 1 aromatic heterocycles. The van der Waals surface area contributed by atoms with Crippen molar-refractivity contribution >= 4 is 43.8 Å². The van der Waals surface area contributed by atoms with Gasteiger partial charge in [-0.15, -0.1) is 6.42 Å². The molecule has 1 aliphatic rings. The molecule has 5 nitrogen and oxygen atoms in total. The summed E-state index contributed by atoms with van der Waals surface area (Å²) in [7, 11) is 0. The minimum atomic E-state index is -0.172. The molecule has 4 aromatic rings. The van der Waals surface area contributed by atoms with E-state index in [1.165, 1.54) is 11.1 Å². The predicted octanol–water partition coefficient (Wildman–Crippen LogP) is 6.25. The SMILES string of the molecule is C#CCOc1ccc2ccccc2c1C=Nn1c(C2CCCCC2)nc2ccc(Br)cc2c1=O. The van der Waals surface area contributed by atoms with Crippen LogP contribution in [0.2, 0.25) is 0 Å². The molecule has 3 aromatic carbocycles. The highest BCUT2D eigenvalue weighted by Gasteiger charge is 2.22. The number of terminal acetylenes is 1. The first-order chi connectivity index (χ1) is 16.7. The van der Waals surface area contributed by atoms with Gasteiger partial charge >= 0.3 is 0 Å². The van der Waals surface area contributed by atoms with Gasteiger partial charge in [0.2, 0.25) is 0 Å². The summed E-state index contributed by atoms with van der Waals surface area (Å²) in [5, 5.41) is 7.28. The van der Waals surface area contributed by atoms with Gasteiger partial charge in [0.15, 0.2) is 0 Å². The van der Waals surface area contributed by atoms with Crippen LogP contribution in [0.15, 0.2) is 69.0 Å². The first-order valence-corrected chi connectivity index (χ1v) is 12.3. The molecule has 0 saturated heterocycles. The molecular weight excluding hydrogens is 490 g/mol. The van der Waals surface area contributed by atoms with E-state index in [0.717, 1.165) is 52.3 Å². The van der Waals surface area contributed by atoms with Gasteiger partial charge in [-0.2, -0.15) is 9.78 Å². The largest absolute Gasteiger partial charge is 0.480 e. The zero-order valence-electron chi connectivity index (χ0n) is 18.7. The Morgan fingerprint density at radius 1 is 1.12 bits per heavy atom. The van der Waals surface area contributed by atoms with Crippen molar-refractivity contribution in [2.75, 3.05) is 6.61 Å². The second kappa shape index (κ2) is 9.82. The Balaban J connectivity index is 1.70. The van der Waals surface area contributed by atoms with Gasteiger partial charge in [-0.25, -0.2) is 4.98 Å². The molecule has 1 saturated carbocycles. The lowest BCUT2D eigenvalue weighted by Gasteiger charge is -2.22. The van der Waals surface area contributed by atoms with Gasteiger partial charge in [0.25, 0.3) is 5.56 Å². The second-order valence-electron chi connectivity index (χ2n) is 8.52. The van der Waals surface area contributed by atoms with Crippen LogP contribution >= 0.6 is 15.9 Å². The molecular formula is C28H24BrN3O2. The molecule has 0 spiro atoms. The number of rotatable bonds is 5. The van der Waals surface area contributed by atoms with Gasteiger partial charge in [0.1, 0.15) is 18.2 Å². The summed E-state index contributed by atoms with van der Waals surface area (Å²) in [6.07, 6.45) is 12.6. The van der Waals surface area contributed by atoms with Crippen molar-refractivity contribution in [3.63, 3.8) is 0 Å². The average molecular weight is 514 g/mol. The predicted molar refractivity (Wildman–Crippen MR) is 141 cm³/mol. The van der Waals surface area contributed by atoms with Crippen LogP contribution in [0.3, 0.4) is 0 Å². The number of halogens is 1. The van der Waals surface area contributed by atoms with E-state index in [2.05, 4.69) is 21.9 Å². The first kappa shape index (κ1) is 22.4. The number of fused-ring (bicyclic) bond motifs is 2. The molecule has 0 unspecified atom stereocenters. The van der Waals surface area contributed by atoms with E-state index < -0.39 is 0 Å². The molecule has 0 aliphatic heterocycles. The molecule has 0 amide bonds. The molecule has 1 aliphatic carbocycles. The Kier molecular flexibility index (Phi) is 6.46. The third-order valence-electron chi connectivity index (χ3n) is 6.35. The number of aromatic nitrogens is 2. The van der Waals surface area contributed by atoms with Crippen LogP contribution in [-0.2, 0) is 0 Å². The third-order valence-corrected chi connectivity index (χ3v) is 6.84. The van der Waals surface area contributed by atoms with Gasteiger partial charge in [-0.3, -0.25) is 4.79 Å². The Hall–Kier alpha value is -3.43. The Morgan fingerprint density at radius 3 is 2.76 bits per heavy atom. The van der Waals surface area contributed by atoms with E-state index in [-0.39, 0.29) is 18.1 Å². The summed E-state index contributed by atoms with van der Waals surface area (Å²) in [4.78, 5) is 18.5. The lowest BCUT2D eigenvalue weighted by Crippen LogP contribution is -2.25. The number of ether oxygens (including phenoxy) is 1. The summed E-state index contributed by atoms with van der Waals surface area (Å²) in [6.45, 7) is 0.151. The van der Waals surface area contributed by atoms with Crippen LogP contribution in [0.25, 0.3) is 21.7 Å². The highest BCUT2D eigenvalue weighted by molar-refractivity contribution is 9.10. The van der Waals surface area contributed by atoms with Crippen molar-refractivity contribution in [1.82, 2.24) is 9.66 Å². The Morgan fingerprint density at radius 2 is 1.94 bits per heavy atom. The highest BCUT2D eigenvalue weighted by Crippen LogP contribution is 2.32. The van der Waals surface area contributed by atoms with E-state index in [0.29, 0.717) is 16.7 Å². The molecule has 34 heavy (non-hydrogen) atoms. The third kappa shape index (κ3) is 4.36. The summed E-state index contributed by atoms with van der Waals surface area (Å²) < 4.78 is 8.12. The van der Waals surface area contributed by atoms with E-state index in [9.17, 15) is 4.79 Å². The molecule has 0 N–H and O–H groups in total. The number of hydrogen-bond acceptors (Lipinski definition) is 4. The van der Waals surface area contributed by atoms with Gasteiger partial charge < -0.3 is 4.74 Å². The molecule has 0 atom stereocenters. The lowest BCUT2D eigenvalue weighted by molar-refractivity contribution is 0.370. The van der Waals surface area contributed by atoms with Crippen molar-refractivity contribution in [2.24, 2.45) is 5.10 Å². The molecule has 1 fully saturated rings. The van der Waals surface area contributed by atoms with Gasteiger partial charge in [0, 0.05) is 16.0 Å². The van der Waals surface area contributed by atoms with Crippen LogP contribution in [0, 0.1) is 12.3 Å². The fourth-order valence-electron chi connectivity index (χ4n) is 4.67. The summed E-state index contributed by atoms with van der Waals surface area (Å²) in [5.74, 6) is 4.07. The van der Waals surface area contributed by atoms with E-state index in [4.69, 9.17) is 21.2 Å². The fourth-order valence-corrected chi connectivity index (χ4v) is 5.03. The molecule has 0 bridgehead atoms. The van der Waals surface area contributed by atoms with E-state index in [1.54, 1.807) is 12.3 Å². The smallest absolute Gasteiger partial charge is 0.282 e. The molecule has 1 heterocycles. The number of benzene rings is 3. The molecule has 170 valence electrons. The van der Waals surface area contributed by atoms with Crippen LogP contribution in [0.1, 0.15) is 49.4 Å². The monoisotopic (exact) mass is 513 g/mol. The van der Waals surface area contributed by atoms with Crippen LogP contribution in [0.4, 0.5) is 0 Å². The van der Waals surface area contributed by atoms with Crippen molar-refractivity contribution < 1.29 is 4.74 Å². The second-order valence-corrected chi connectivity index (χ2v) is 9.43. The zero-order chi connectivity index (χ0) is 23.5. The topological polar surface area (TPSA) is 56.5 Å². The summed E-state index contributed by atoms with van der Waals surface area (Å²) in [5.41, 5.74) is 1.31. The number of hydrogen-bond donors (Lipinski definition) is 0. The van der Waals surface area contributed by atoms with E-state index >= 15 is 0 Å². The summed E-state index contributed by atoms with van der Waals surface area (Å²) >= 11 is 3.48. The molecule has 5 rings (SSSR count). The van der Waals surface area contributed by atoms with Crippen molar-refractivity contribution in [3.05, 3.63) is 80.8 Å². The zero-order valence-corrected chi connectivity index (χ0v) is 20.3. The van der Waals surface area contributed by atoms with Crippen molar-refractivity contribution in [2.45, 2.75) is 38.0 Å². The lowest BCUT2D eigenvalue weighted by atomic mass is 9.88. The maximum atomic E-state index is 13.6. The van der Waals surface area contributed by atoms with Crippen LogP contribution < -0.4 is 10.3 Å². The van der Waals surface area contributed by atoms with Gasteiger partial charge in [-0.05, 0) is 47.9 Å². The maximum absolute atomic E-state index is 13.6. The van der Waals surface area contributed by atoms with Gasteiger partial charge in [-0.1, -0.05) is 71.4 Å². The van der Waals surface area contributed by atoms with Crippen LogP contribution in [-0.4, -0.2) is 22.5 Å². The average Bonchev–Trinajstić information content (AvgIpc) is 2.88. The Bertz CT molecular complexity index is 1490. The normalized spacial score (nSPS) is 14.6. The van der Waals surface area contributed by atoms with Crippen molar-refractivity contribution in [1.29, 1.82) is 0 Å². The molecule has 6 heteroatoms. The van der Waals surface area contributed by atoms with Crippen molar-refractivity contribution in [3.8, 4) is 18.1 Å². The Labute approximate surface area is 206 Å². The standard InChI is InChI=1S/C28H24BrN3O2/c1-2-16-34-26-15-12-19-8-6-7-11-22(19)24(26)18-30-32-27(20-9-4-3-5-10-20)31-25-14-13-21(29)17-23(25)28(32)33/h1,6-8,11-15,17-18,20H,3-5,9-10,16H2. The fraction of sp³-hybridized carbons (Fsp3) is 0.250. The minimum absolute atomic E-state index is 0.151. The van der Waals surface area contributed by atoms with Gasteiger partial charge in [0.05, 0.1) is 17.1 Å². The van der Waals surface area contributed by atoms with Crippen LogP contribution in [0.5, 0.6) is 5.75 Å². The summed E-state index contributed by atoms with van der Waals surface area (Å²) in [6, 6.07) is 17.5. The maximum Gasteiger partial charge on any atom is 0.282 e. The quantitative estimate of drug-likeness (QED) is 0.234. The minimum Gasteiger partial charge on any atom is -0.480 e. The van der Waals surface area contributed by atoms with E-state index in [1.807, 2.05) is 48.5 Å². The number of nitrogens with zero attached hydrogens (tertiary/aromatic N) is 3. The molecule has 0 radical (unpaired) electrons.